The van der Waals surface area contributed by atoms with Gasteiger partial charge in [-0.25, -0.2) is 8.42 Å². The summed E-state index contributed by atoms with van der Waals surface area (Å²) in [5, 5.41) is 4.16. The first-order chi connectivity index (χ1) is 11.8. The highest BCUT2D eigenvalue weighted by molar-refractivity contribution is 7.91. The number of amides is 1. The minimum Gasteiger partial charge on any atom is -0.435 e. The third kappa shape index (κ3) is 5.76. The van der Waals surface area contributed by atoms with E-state index in [1.54, 1.807) is 17.5 Å². The van der Waals surface area contributed by atoms with Crippen LogP contribution in [0.1, 0.15) is 12.5 Å². The monoisotopic (exact) mass is 390 g/mol. The Morgan fingerprint density at radius 3 is 2.68 bits per heavy atom. The molecular weight excluding hydrogens is 374 g/mol. The number of alkyl halides is 2. The van der Waals surface area contributed by atoms with Gasteiger partial charge in [0.25, 0.3) is 10.0 Å². The lowest BCUT2D eigenvalue weighted by atomic mass is 10.2. The van der Waals surface area contributed by atoms with Crippen molar-refractivity contribution in [1.29, 1.82) is 0 Å². The van der Waals surface area contributed by atoms with Crippen LogP contribution in [0.4, 0.5) is 8.78 Å². The second-order valence-corrected chi connectivity index (χ2v) is 7.91. The summed E-state index contributed by atoms with van der Waals surface area (Å²) in [7, 11) is -3.76. The van der Waals surface area contributed by atoms with E-state index in [2.05, 4.69) is 14.8 Å². The van der Waals surface area contributed by atoms with Crippen LogP contribution < -0.4 is 14.8 Å². The average molecular weight is 390 g/mol. The first-order valence-corrected chi connectivity index (χ1v) is 9.51. The number of rotatable bonds is 8. The second kappa shape index (κ2) is 8.37. The fraction of sp³-hybridized carbons (Fsp3) is 0.267. The maximum Gasteiger partial charge on any atom is 0.387 e. The SMILES string of the molecule is CC(NS(=O)(=O)c1cccs1)C(=O)NCc1cccc(OC(F)F)c1. The average Bonchev–Trinajstić information content (AvgIpc) is 3.07. The molecule has 1 amide bonds. The van der Waals surface area contributed by atoms with E-state index < -0.39 is 28.6 Å². The maximum atomic E-state index is 12.2. The quantitative estimate of drug-likeness (QED) is 0.725. The van der Waals surface area contributed by atoms with E-state index >= 15 is 0 Å². The summed E-state index contributed by atoms with van der Waals surface area (Å²) < 4.78 is 55.2. The molecule has 0 aliphatic rings. The van der Waals surface area contributed by atoms with Crippen molar-refractivity contribution < 1.29 is 26.7 Å². The predicted octanol–water partition coefficient (Wildman–Crippen LogP) is 2.33. The van der Waals surface area contributed by atoms with E-state index in [4.69, 9.17) is 0 Å². The van der Waals surface area contributed by atoms with Gasteiger partial charge in [0.15, 0.2) is 0 Å². The lowest BCUT2D eigenvalue weighted by Crippen LogP contribution is -2.44. The van der Waals surface area contributed by atoms with Crippen LogP contribution in [0.15, 0.2) is 46.0 Å². The minimum absolute atomic E-state index is 0.0202. The minimum atomic E-state index is -3.76. The van der Waals surface area contributed by atoms with E-state index in [9.17, 15) is 22.0 Å². The number of ether oxygens (including phenoxy) is 1. The van der Waals surface area contributed by atoms with Gasteiger partial charge in [0, 0.05) is 6.54 Å². The highest BCUT2D eigenvalue weighted by Crippen LogP contribution is 2.17. The van der Waals surface area contributed by atoms with Gasteiger partial charge in [-0.1, -0.05) is 18.2 Å². The fourth-order valence-corrected chi connectivity index (χ4v) is 4.15. The molecule has 10 heteroatoms. The van der Waals surface area contributed by atoms with Crippen molar-refractivity contribution in [2.75, 3.05) is 0 Å². The van der Waals surface area contributed by atoms with E-state index in [-0.39, 0.29) is 16.5 Å². The van der Waals surface area contributed by atoms with Crippen LogP contribution in [0.3, 0.4) is 0 Å². The Labute approximate surface area is 147 Å². The molecule has 2 aromatic rings. The van der Waals surface area contributed by atoms with Crippen LogP contribution in [-0.2, 0) is 21.4 Å². The van der Waals surface area contributed by atoms with Gasteiger partial charge in [-0.2, -0.15) is 13.5 Å². The Morgan fingerprint density at radius 1 is 1.28 bits per heavy atom. The van der Waals surface area contributed by atoms with Gasteiger partial charge in [-0.05, 0) is 36.1 Å². The van der Waals surface area contributed by atoms with Crippen molar-refractivity contribution in [2.45, 2.75) is 30.3 Å². The van der Waals surface area contributed by atoms with Gasteiger partial charge in [-0.3, -0.25) is 4.79 Å². The molecule has 0 aliphatic heterocycles. The largest absolute Gasteiger partial charge is 0.435 e. The fourth-order valence-electron chi connectivity index (χ4n) is 1.93. The molecule has 0 saturated carbocycles. The van der Waals surface area contributed by atoms with E-state index in [1.165, 1.54) is 31.2 Å². The van der Waals surface area contributed by atoms with Crippen LogP contribution in [0.2, 0.25) is 0 Å². The van der Waals surface area contributed by atoms with Crippen LogP contribution >= 0.6 is 11.3 Å². The van der Waals surface area contributed by atoms with Crippen molar-refractivity contribution >= 4 is 27.3 Å². The standard InChI is InChI=1S/C15H16F2N2O4S2/c1-10(19-25(21,22)13-6-3-7-24-13)14(20)18-9-11-4-2-5-12(8-11)23-15(16)17/h2-8,10,15,19H,9H2,1H3,(H,18,20). The van der Waals surface area contributed by atoms with Crippen molar-refractivity contribution in [3.63, 3.8) is 0 Å². The second-order valence-electron chi connectivity index (χ2n) is 5.02. The highest BCUT2D eigenvalue weighted by atomic mass is 32.2. The molecule has 2 N–H and O–H groups in total. The first-order valence-electron chi connectivity index (χ1n) is 7.15. The molecule has 0 bridgehead atoms. The topological polar surface area (TPSA) is 84.5 Å². The van der Waals surface area contributed by atoms with Crippen molar-refractivity contribution in [1.82, 2.24) is 10.0 Å². The molecule has 0 radical (unpaired) electrons. The van der Waals surface area contributed by atoms with Gasteiger partial charge >= 0.3 is 6.61 Å². The molecule has 6 nitrogen and oxygen atoms in total. The Bertz CT molecular complexity index is 811. The lowest BCUT2D eigenvalue weighted by Gasteiger charge is -2.14. The Morgan fingerprint density at radius 2 is 2.04 bits per heavy atom. The number of nitrogens with one attached hydrogen (secondary N) is 2. The molecule has 0 aliphatic carbocycles. The first kappa shape index (κ1) is 19.3. The van der Waals surface area contributed by atoms with Crippen LogP contribution in [0.5, 0.6) is 5.75 Å². The molecule has 0 fully saturated rings. The lowest BCUT2D eigenvalue weighted by molar-refractivity contribution is -0.122. The molecule has 2 rings (SSSR count). The van der Waals surface area contributed by atoms with Crippen molar-refractivity contribution in [3.05, 3.63) is 47.3 Å². The number of carbonyl (C=O) groups is 1. The molecule has 1 aromatic heterocycles. The summed E-state index contributed by atoms with van der Waals surface area (Å²) in [4.78, 5) is 12.0. The number of halogens is 2. The number of benzene rings is 1. The van der Waals surface area contributed by atoms with Gasteiger partial charge in [-0.15, -0.1) is 11.3 Å². The number of thiophene rings is 1. The summed E-state index contributed by atoms with van der Waals surface area (Å²) in [5.41, 5.74) is 0.541. The molecule has 1 heterocycles. The van der Waals surface area contributed by atoms with E-state index in [1.807, 2.05) is 0 Å². The third-order valence-electron chi connectivity index (χ3n) is 3.08. The van der Waals surface area contributed by atoms with Gasteiger partial charge in [0.2, 0.25) is 5.91 Å². The summed E-state index contributed by atoms with van der Waals surface area (Å²) in [6, 6.07) is 7.92. The molecule has 25 heavy (non-hydrogen) atoms. The highest BCUT2D eigenvalue weighted by Gasteiger charge is 2.22. The number of hydrogen-bond acceptors (Lipinski definition) is 5. The summed E-state index contributed by atoms with van der Waals surface area (Å²) >= 11 is 1.04. The number of carbonyl (C=O) groups excluding carboxylic acids is 1. The molecule has 136 valence electrons. The van der Waals surface area contributed by atoms with Crippen molar-refractivity contribution in [3.8, 4) is 5.75 Å². The van der Waals surface area contributed by atoms with E-state index in [0.717, 1.165) is 11.3 Å². The molecule has 0 saturated heterocycles. The Kier molecular flexibility index (Phi) is 6.45. The summed E-state index contributed by atoms with van der Waals surface area (Å²) in [6.45, 7) is -1.47. The number of hydrogen-bond donors (Lipinski definition) is 2. The van der Waals surface area contributed by atoms with Crippen LogP contribution in [0.25, 0.3) is 0 Å². The van der Waals surface area contributed by atoms with Crippen molar-refractivity contribution in [2.24, 2.45) is 0 Å². The number of sulfonamides is 1. The molecule has 1 atom stereocenters. The van der Waals surface area contributed by atoms with Crippen LogP contribution in [-0.4, -0.2) is 27.0 Å². The summed E-state index contributed by atoms with van der Waals surface area (Å²) in [5.74, 6) is -0.562. The summed E-state index contributed by atoms with van der Waals surface area (Å²) in [6.07, 6.45) is 0. The zero-order valence-electron chi connectivity index (χ0n) is 13.1. The van der Waals surface area contributed by atoms with Gasteiger partial charge < -0.3 is 10.1 Å². The van der Waals surface area contributed by atoms with Crippen LogP contribution in [0, 0.1) is 0 Å². The predicted molar refractivity (Wildman–Crippen MR) is 89.0 cm³/mol. The Hall–Kier alpha value is -2.04. The molecule has 1 aromatic carbocycles. The normalized spacial score (nSPS) is 12.8. The zero-order valence-corrected chi connectivity index (χ0v) is 14.7. The molecule has 1 unspecified atom stereocenters. The van der Waals surface area contributed by atoms with Gasteiger partial charge in [0.05, 0.1) is 6.04 Å². The Balaban J connectivity index is 1.91. The third-order valence-corrected chi connectivity index (χ3v) is 6.01. The smallest absolute Gasteiger partial charge is 0.387 e. The molecule has 0 spiro atoms. The van der Waals surface area contributed by atoms with E-state index in [0.29, 0.717) is 5.56 Å². The molecular formula is C15H16F2N2O4S2. The zero-order chi connectivity index (χ0) is 18.4. The maximum absolute atomic E-state index is 12.2. The van der Waals surface area contributed by atoms with Gasteiger partial charge in [0.1, 0.15) is 9.96 Å².